The lowest BCUT2D eigenvalue weighted by Gasteiger charge is -2.15. The highest BCUT2D eigenvalue weighted by Crippen LogP contribution is 2.31. The van der Waals surface area contributed by atoms with Gasteiger partial charge in [-0.15, -0.1) is 0 Å². The van der Waals surface area contributed by atoms with Crippen LogP contribution >= 0.6 is 35.6 Å². The highest BCUT2D eigenvalue weighted by molar-refractivity contribution is 8.26. The molecule has 0 bridgehead atoms. The van der Waals surface area contributed by atoms with E-state index >= 15 is 0 Å². The Morgan fingerprint density at radius 3 is 2.52 bits per heavy atom. The number of hydrogen-bond donors (Lipinski definition) is 1. The minimum atomic E-state index is -0.341. The molecule has 25 heavy (non-hydrogen) atoms. The molecule has 1 heterocycles. The molecule has 2 aromatic rings. The van der Waals surface area contributed by atoms with Gasteiger partial charge < -0.3 is 0 Å². The number of amides is 2. The van der Waals surface area contributed by atoms with E-state index in [0.717, 1.165) is 27.9 Å². The smallest absolute Gasteiger partial charge is 0.273 e. The molecule has 0 aromatic heterocycles. The van der Waals surface area contributed by atoms with Gasteiger partial charge in [-0.3, -0.25) is 15.0 Å². The Bertz CT molecular complexity index is 851. The van der Waals surface area contributed by atoms with E-state index in [9.17, 15) is 9.59 Å². The SMILES string of the molecule is O=C(Cc1ccccc1)NN1C(=O)C(=Cc2ccc(Cl)cc2)SC1=S. The Morgan fingerprint density at radius 2 is 1.84 bits per heavy atom. The van der Waals surface area contributed by atoms with E-state index in [2.05, 4.69) is 5.43 Å². The largest absolute Gasteiger partial charge is 0.285 e. The summed E-state index contributed by atoms with van der Waals surface area (Å²) in [5.41, 5.74) is 4.27. The number of benzene rings is 2. The van der Waals surface area contributed by atoms with Crippen LogP contribution in [0.25, 0.3) is 6.08 Å². The number of thiocarbonyl (C=S) groups is 1. The van der Waals surface area contributed by atoms with Gasteiger partial charge in [0.25, 0.3) is 5.91 Å². The number of carbonyl (C=O) groups is 2. The van der Waals surface area contributed by atoms with Gasteiger partial charge in [0.2, 0.25) is 5.91 Å². The third-order valence-electron chi connectivity index (χ3n) is 3.41. The topological polar surface area (TPSA) is 49.4 Å². The number of nitrogens with one attached hydrogen (secondary N) is 1. The second-order valence-electron chi connectivity index (χ2n) is 5.27. The molecule has 3 rings (SSSR count). The van der Waals surface area contributed by atoms with Crippen molar-refractivity contribution in [1.82, 2.24) is 10.4 Å². The fourth-order valence-corrected chi connectivity index (χ4v) is 3.53. The van der Waals surface area contributed by atoms with Gasteiger partial charge in [0.05, 0.1) is 11.3 Å². The van der Waals surface area contributed by atoms with Crippen molar-refractivity contribution in [2.24, 2.45) is 0 Å². The Balaban J connectivity index is 1.69. The van der Waals surface area contributed by atoms with Crippen LogP contribution in [0.5, 0.6) is 0 Å². The third-order valence-corrected chi connectivity index (χ3v) is 4.96. The number of rotatable bonds is 4. The molecule has 0 saturated carbocycles. The van der Waals surface area contributed by atoms with Crippen molar-refractivity contribution >= 4 is 57.8 Å². The van der Waals surface area contributed by atoms with E-state index in [0.29, 0.717) is 14.2 Å². The molecule has 1 N–H and O–H groups in total. The van der Waals surface area contributed by atoms with Crippen molar-refractivity contribution < 1.29 is 9.59 Å². The zero-order chi connectivity index (χ0) is 17.8. The average Bonchev–Trinajstić information content (AvgIpc) is 2.85. The predicted octanol–water partition coefficient (Wildman–Crippen LogP) is 3.82. The summed E-state index contributed by atoms with van der Waals surface area (Å²) in [6.45, 7) is 0. The molecule has 7 heteroatoms. The lowest BCUT2D eigenvalue weighted by Crippen LogP contribution is -2.45. The molecule has 2 aromatic carbocycles. The van der Waals surface area contributed by atoms with Crippen molar-refractivity contribution in [3.05, 3.63) is 75.7 Å². The number of nitrogens with zero attached hydrogens (tertiary/aromatic N) is 1. The Morgan fingerprint density at radius 1 is 1.16 bits per heavy atom. The maximum atomic E-state index is 12.5. The molecule has 0 spiro atoms. The first-order valence-electron chi connectivity index (χ1n) is 7.40. The lowest BCUT2D eigenvalue weighted by molar-refractivity contribution is -0.132. The second-order valence-corrected chi connectivity index (χ2v) is 7.38. The fraction of sp³-hybridized carbons (Fsp3) is 0.0556. The van der Waals surface area contributed by atoms with Crippen LogP contribution in [0, 0.1) is 0 Å². The molecule has 1 saturated heterocycles. The van der Waals surface area contributed by atoms with E-state index in [1.165, 1.54) is 0 Å². The molecule has 0 radical (unpaired) electrons. The van der Waals surface area contributed by atoms with Gasteiger partial charge in [-0.25, -0.2) is 0 Å². The average molecular weight is 389 g/mol. The van der Waals surface area contributed by atoms with Gasteiger partial charge in [-0.05, 0) is 41.6 Å². The third kappa shape index (κ3) is 4.48. The molecular weight excluding hydrogens is 376 g/mol. The van der Waals surface area contributed by atoms with Gasteiger partial charge in [-0.2, -0.15) is 5.01 Å². The number of hydrazine groups is 1. The molecule has 2 amide bonds. The summed E-state index contributed by atoms with van der Waals surface area (Å²) >= 11 is 12.2. The van der Waals surface area contributed by atoms with Crippen molar-refractivity contribution in [3.63, 3.8) is 0 Å². The van der Waals surface area contributed by atoms with Gasteiger partial charge in [0.15, 0.2) is 4.32 Å². The van der Waals surface area contributed by atoms with Crippen molar-refractivity contribution in [2.75, 3.05) is 0 Å². The van der Waals surface area contributed by atoms with Crippen LogP contribution in [0.1, 0.15) is 11.1 Å². The van der Waals surface area contributed by atoms with Crippen LogP contribution in [0.15, 0.2) is 59.5 Å². The molecule has 126 valence electrons. The van der Waals surface area contributed by atoms with Crippen LogP contribution in [0.2, 0.25) is 5.02 Å². The van der Waals surface area contributed by atoms with Gasteiger partial charge in [0, 0.05) is 5.02 Å². The van der Waals surface area contributed by atoms with E-state index in [1.807, 2.05) is 42.5 Å². The number of hydrogen-bond acceptors (Lipinski definition) is 4. The summed E-state index contributed by atoms with van der Waals surface area (Å²) < 4.78 is 0.298. The van der Waals surface area contributed by atoms with Crippen molar-refractivity contribution in [1.29, 1.82) is 0 Å². The van der Waals surface area contributed by atoms with Gasteiger partial charge in [0.1, 0.15) is 0 Å². The van der Waals surface area contributed by atoms with E-state index in [4.69, 9.17) is 23.8 Å². The molecule has 1 fully saturated rings. The quantitative estimate of drug-likeness (QED) is 0.639. The Hall–Kier alpha value is -2.15. The van der Waals surface area contributed by atoms with E-state index in [1.54, 1.807) is 18.2 Å². The molecule has 1 aliphatic rings. The second kappa shape index (κ2) is 7.82. The zero-order valence-corrected chi connectivity index (χ0v) is 15.3. The van der Waals surface area contributed by atoms with Gasteiger partial charge in [-0.1, -0.05) is 65.8 Å². The molecule has 0 unspecified atom stereocenters. The van der Waals surface area contributed by atoms with E-state index in [-0.39, 0.29) is 18.2 Å². The molecule has 4 nitrogen and oxygen atoms in total. The molecule has 1 aliphatic heterocycles. The summed E-state index contributed by atoms with van der Waals surface area (Å²) in [6.07, 6.45) is 1.90. The standard InChI is InChI=1S/C18H13ClN2O2S2/c19-14-8-6-13(7-9-14)10-15-17(23)21(18(24)25-15)20-16(22)11-12-4-2-1-3-5-12/h1-10H,11H2,(H,20,22). The molecule has 0 atom stereocenters. The minimum absolute atomic E-state index is 0.175. The van der Waals surface area contributed by atoms with Crippen LogP contribution in [-0.4, -0.2) is 21.1 Å². The van der Waals surface area contributed by atoms with Crippen LogP contribution in [0.4, 0.5) is 0 Å². The maximum Gasteiger partial charge on any atom is 0.285 e. The summed E-state index contributed by atoms with van der Waals surface area (Å²) in [5, 5.41) is 1.74. The Labute approximate surface area is 159 Å². The van der Waals surface area contributed by atoms with Crippen LogP contribution in [-0.2, 0) is 16.0 Å². The highest BCUT2D eigenvalue weighted by Gasteiger charge is 2.33. The lowest BCUT2D eigenvalue weighted by atomic mass is 10.1. The first kappa shape index (κ1) is 17.7. The zero-order valence-electron chi connectivity index (χ0n) is 12.9. The van der Waals surface area contributed by atoms with Gasteiger partial charge >= 0.3 is 0 Å². The fourth-order valence-electron chi connectivity index (χ4n) is 2.22. The van der Waals surface area contributed by atoms with Crippen molar-refractivity contribution in [2.45, 2.75) is 6.42 Å². The van der Waals surface area contributed by atoms with E-state index < -0.39 is 0 Å². The van der Waals surface area contributed by atoms with Crippen molar-refractivity contribution in [3.8, 4) is 0 Å². The molecular formula is C18H13ClN2O2S2. The summed E-state index contributed by atoms with van der Waals surface area (Å²) in [4.78, 5) is 25.1. The highest BCUT2D eigenvalue weighted by atomic mass is 35.5. The first-order valence-corrected chi connectivity index (χ1v) is 9.00. The molecule has 0 aliphatic carbocycles. The number of thioether (sulfide) groups is 1. The Kier molecular flexibility index (Phi) is 5.53. The summed E-state index contributed by atoms with van der Waals surface area (Å²) in [7, 11) is 0. The normalized spacial score (nSPS) is 15.7. The monoisotopic (exact) mass is 388 g/mol. The first-order chi connectivity index (χ1) is 12.0. The summed E-state index contributed by atoms with van der Waals surface area (Å²) in [6, 6.07) is 16.4. The number of halogens is 1. The van der Waals surface area contributed by atoms with Crippen LogP contribution in [0.3, 0.4) is 0 Å². The van der Waals surface area contributed by atoms with Crippen LogP contribution < -0.4 is 5.43 Å². The maximum absolute atomic E-state index is 12.5. The minimum Gasteiger partial charge on any atom is -0.273 e. The summed E-state index contributed by atoms with van der Waals surface area (Å²) in [5.74, 6) is -0.637. The number of carbonyl (C=O) groups excluding carboxylic acids is 2. The predicted molar refractivity (Wildman–Crippen MR) is 105 cm³/mol.